The number of guanidine groups is 1. The van der Waals surface area contributed by atoms with Crippen LogP contribution in [0.3, 0.4) is 0 Å². The van der Waals surface area contributed by atoms with Crippen LogP contribution < -0.4 is 10.6 Å². The molecule has 0 spiro atoms. The summed E-state index contributed by atoms with van der Waals surface area (Å²) in [6, 6.07) is 0. The van der Waals surface area contributed by atoms with E-state index in [9.17, 15) is 0 Å². The van der Waals surface area contributed by atoms with Crippen LogP contribution in [-0.4, -0.2) is 30.6 Å². The summed E-state index contributed by atoms with van der Waals surface area (Å²) in [4.78, 5) is 10.8. The summed E-state index contributed by atoms with van der Waals surface area (Å²) in [5, 5.41) is 7.56. The number of nitrogens with one attached hydrogen (secondary N) is 2. The highest BCUT2D eigenvalue weighted by molar-refractivity contribution is 14.0. The maximum absolute atomic E-state index is 5.25. The topological polar surface area (TPSA) is 49.3 Å². The molecule has 122 valence electrons. The van der Waals surface area contributed by atoms with Gasteiger partial charge in [0, 0.05) is 24.4 Å². The van der Waals surface area contributed by atoms with E-state index >= 15 is 0 Å². The average Bonchev–Trinajstić information content (AvgIpc) is 2.91. The van der Waals surface area contributed by atoms with Gasteiger partial charge < -0.3 is 10.6 Å². The zero-order valence-electron chi connectivity index (χ0n) is 13.2. The molecular formula is C16H25IN4S. The molecule has 0 radical (unpaired) electrons. The largest absolute Gasteiger partial charge is 0.357 e. The van der Waals surface area contributed by atoms with Crippen LogP contribution in [-0.2, 0) is 19.3 Å². The highest BCUT2D eigenvalue weighted by Gasteiger charge is 2.14. The number of rotatable bonds is 6. The summed E-state index contributed by atoms with van der Waals surface area (Å²) in [7, 11) is 0. The predicted octanol–water partition coefficient (Wildman–Crippen LogP) is 2.76. The maximum Gasteiger partial charge on any atom is 0.192 e. The Bertz CT molecular complexity index is 495. The number of aryl methyl sites for hydroxylation is 3. The first-order chi connectivity index (χ1) is 10.3. The molecule has 0 saturated carbocycles. The second-order valence-electron chi connectivity index (χ2n) is 5.11. The van der Waals surface area contributed by atoms with E-state index < -0.39 is 0 Å². The number of nitrogens with zero attached hydrogens (tertiary/aromatic N) is 2. The molecule has 1 aliphatic rings. The molecule has 0 bridgehead atoms. The number of aliphatic imine (C=N–C) groups is 1. The first-order valence-electron chi connectivity index (χ1n) is 7.76. The monoisotopic (exact) mass is 432 g/mol. The number of aromatic nitrogens is 1. The second-order valence-corrected chi connectivity index (χ2v) is 6.27. The average molecular weight is 432 g/mol. The second kappa shape index (κ2) is 10.8. The molecule has 4 nitrogen and oxygen atoms in total. The van der Waals surface area contributed by atoms with Gasteiger partial charge in [-0.2, -0.15) is 0 Å². The molecule has 0 fully saturated rings. The van der Waals surface area contributed by atoms with Crippen molar-refractivity contribution in [3.8, 4) is 12.3 Å². The van der Waals surface area contributed by atoms with Crippen molar-refractivity contribution in [1.29, 1.82) is 0 Å². The summed E-state index contributed by atoms with van der Waals surface area (Å²) in [6.07, 6.45) is 12.3. The van der Waals surface area contributed by atoms with E-state index in [1.54, 1.807) is 0 Å². The van der Waals surface area contributed by atoms with Gasteiger partial charge in [-0.15, -0.1) is 41.7 Å². The molecule has 1 heterocycles. The molecular weight excluding hydrogens is 407 g/mol. The fourth-order valence-corrected chi connectivity index (χ4v) is 3.61. The first kappa shape index (κ1) is 19.2. The Morgan fingerprint density at radius 2 is 2.18 bits per heavy atom. The van der Waals surface area contributed by atoms with Crippen LogP contribution in [0.5, 0.6) is 0 Å². The third-order valence-electron chi connectivity index (χ3n) is 3.41. The minimum absolute atomic E-state index is 0. The Balaban J connectivity index is 0.00000242. The van der Waals surface area contributed by atoms with Crippen molar-refractivity contribution in [1.82, 2.24) is 15.6 Å². The van der Waals surface area contributed by atoms with Crippen LogP contribution in [0.2, 0.25) is 0 Å². The Morgan fingerprint density at radius 1 is 1.36 bits per heavy atom. The smallest absolute Gasteiger partial charge is 0.192 e. The Morgan fingerprint density at radius 3 is 2.91 bits per heavy atom. The Hall–Kier alpha value is -0.810. The summed E-state index contributed by atoms with van der Waals surface area (Å²) < 4.78 is 0. The lowest BCUT2D eigenvalue weighted by Crippen LogP contribution is -2.37. The lowest BCUT2D eigenvalue weighted by molar-refractivity contribution is 0.679. The van der Waals surface area contributed by atoms with Crippen molar-refractivity contribution in [2.45, 2.75) is 45.4 Å². The number of terminal acetylenes is 1. The highest BCUT2D eigenvalue weighted by atomic mass is 127. The minimum Gasteiger partial charge on any atom is -0.357 e. The lowest BCUT2D eigenvalue weighted by atomic mass is 10.0. The van der Waals surface area contributed by atoms with Gasteiger partial charge in [0.25, 0.3) is 0 Å². The van der Waals surface area contributed by atoms with Crippen molar-refractivity contribution >= 4 is 41.3 Å². The SMILES string of the molecule is C#CCNC(=NCCCc1nc2c(s1)CCCC2)NCC.I. The molecule has 0 atom stereocenters. The molecule has 0 aliphatic heterocycles. The maximum atomic E-state index is 5.25. The van der Waals surface area contributed by atoms with E-state index in [-0.39, 0.29) is 24.0 Å². The van der Waals surface area contributed by atoms with Crippen molar-refractivity contribution in [2.24, 2.45) is 4.99 Å². The van der Waals surface area contributed by atoms with Crippen molar-refractivity contribution in [3.05, 3.63) is 15.6 Å². The van der Waals surface area contributed by atoms with Crippen LogP contribution in [0.25, 0.3) is 0 Å². The molecule has 0 aromatic carbocycles. The zero-order valence-corrected chi connectivity index (χ0v) is 16.3. The van der Waals surface area contributed by atoms with Gasteiger partial charge in [-0.1, -0.05) is 5.92 Å². The van der Waals surface area contributed by atoms with Gasteiger partial charge in [-0.05, 0) is 39.0 Å². The van der Waals surface area contributed by atoms with Gasteiger partial charge in [0.15, 0.2) is 5.96 Å². The van der Waals surface area contributed by atoms with Gasteiger partial charge in [-0.3, -0.25) is 4.99 Å². The standard InChI is InChI=1S/C16H24N4S.HI/c1-3-11-18-16(17-4-2)19-12-7-10-15-20-13-8-5-6-9-14(13)21-15;/h1H,4-12H2,2H3,(H2,17,18,19);1H. The molecule has 1 aromatic heterocycles. The van der Waals surface area contributed by atoms with Gasteiger partial charge in [0.05, 0.1) is 17.2 Å². The molecule has 0 unspecified atom stereocenters. The van der Waals surface area contributed by atoms with E-state index in [2.05, 4.69) is 21.5 Å². The summed E-state index contributed by atoms with van der Waals surface area (Å²) in [5.41, 5.74) is 1.36. The fraction of sp³-hybridized carbons (Fsp3) is 0.625. The van der Waals surface area contributed by atoms with Crippen LogP contribution in [0, 0.1) is 12.3 Å². The predicted molar refractivity (Wildman–Crippen MR) is 105 cm³/mol. The van der Waals surface area contributed by atoms with E-state index in [0.717, 1.165) is 31.9 Å². The van der Waals surface area contributed by atoms with Crippen LogP contribution in [0.4, 0.5) is 0 Å². The minimum atomic E-state index is 0. The number of thiazole rings is 1. The molecule has 22 heavy (non-hydrogen) atoms. The molecule has 1 aliphatic carbocycles. The van der Waals surface area contributed by atoms with Gasteiger partial charge in [0.2, 0.25) is 0 Å². The van der Waals surface area contributed by atoms with Gasteiger partial charge in [0.1, 0.15) is 0 Å². The van der Waals surface area contributed by atoms with Crippen LogP contribution in [0.1, 0.15) is 41.8 Å². The Labute approximate surface area is 154 Å². The number of halogens is 1. The molecule has 0 amide bonds. The normalized spacial score (nSPS) is 13.7. The highest BCUT2D eigenvalue weighted by Crippen LogP contribution is 2.27. The fourth-order valence-electron chi connectivity index (χ4n) is 2.41. The van der Waals surface area contributed by atoms with Gasteiger partial charge in [-0.25, -0.2) is 4.98 Å². The number of hydrogen-bond donors (Lipinski definition) is 2. The van der Waals surface area contributed by atoms with Crippen molar-refractivity contribution in [3.63, 3.8) is 0 Å². The van der Waals surface area contributed by atoms with Crippen molar-refractivity contribution < 1.29 is 0 Å². The molecule has 6 heteroatoms. The number of fused-ring (bicyclic) bond motifs is 1. The van der Waals surface area contributed by atoms with Crippen LogP contribution >= 0.6 is 35.3 Å². The summed E-state index contributed by atoms with van der Waals surface area (Å²) >= 11 is 1.90. The van der Waals surface area contributed by atoms with E-state index in [0.29, 0.717) is 6.54 Å². The zero-order chi connectivity index (χ0) is 14.9. The third-order valence-corrected chi connectivity index (χ3v) is 4.63. The van der Waals surface area contributed by atoms with E-state index in [4.69, 9.17) is 11.4 Å². The van der Waals surface area contributed by atoms with E-state index in [1.165, 1.54) is 41.3 Å². The van der Waals surface area contributed by atoms with Crippen LogP contribution in [0.15, 0.2) is 4.99 Å². The molecule has 1 aromatic rings. The molecule has 2 rings (SSSR count). The summed E-state index contributed by atoms with van der Waals surface area (Å²) in [5.74, 6) is 3.36. The Kier molecular flexibility index (Phi) is 9.48. The number of hydrogen-bond acceptors (Lipinski definition) is 3. The van der Waals surface area contributed by atoms with Gasteiger partial charge >= 0.3 is 0 Å². The van der Waals surface area contributed by atoms with Crippen molar-refractivity contribution in [2.75, 3.05) is 19.6 Å². The quantitative estimate of drug-likeness (QED) is 0.239. The molecule has 0 saturated heterocycles. The first-order valence-corrected chi connectivity index (χ1v) is 8.58. The molecule has 2 N–H and O–H groups in total. The van der Waals surface area contributed by atoms with E-state index in [1.807, 2.05) is 18.3 Å². The third kappa shape index (κ3) is 6.13. The summed E-state index contributed by atoms with van der Waals surface area (Å²) in [6.45, 7) is 4.19. The lowest BCUT2D eigenvalue weighted by Gasteiger charge is -2.08.